The third-order valence-corrected chi connectivity index (χ3v) is 5.69. The summed E-state index contributed by atoms with van der Waals surface area (Å²) in [6.07, 6.45) is 6.25. The molecule has 2 N–H and O–H groups in total. The molecule has 0 saturated heterocycles. The normalized spacial score (nSPS) is 38.9. The molecule has 19 heavy (non-hydrogen) atoms. The van der Waals surface area contributed by atoms with Crippen LogP contribution in [0, 0.1) is 30.6 Å². The molecule has 4 nitrogen and oxygen atoms in total. The lowest BCUT2D eigenvalue weighted by molar-refractivity contribution is 0.456. The van der Waals surface area contributed by atoms with Gasteiger partial charge in [-0.1, -0.05) is 0 Å². The number of fused-ring (bicyclic) bond motifs is 6. The monoisotopic (exact) mass is 254 g/mol. The molecule has 3 aliphatic carbocycles. The average Bonchev–Trinajstić information content (AvgIpc) is 2.74. The lowest BCUT2D eigenvalue weighted by Crippen LogP contribution is -2.08. The first kappa shape index (κ1) is 10.2. The molecular weight excluding hydrogens is 236 g/mol. The number of nitrogens with two attached hydrogens (primary N) is 1. The summed E-state index contributed by atoms with van der Waals surface area (Å²) in [6, 6.07) is 2.67. The highest BCUT2D eigenvalue weighted by Crippen LogP contribution is 2.72. The first-order valence-corrected chi connectivity index (χ1v) is 7.34. The van der Waals surface area contributed by atoms with Gasteiger partial charge >= 0.3 is 0 Å². The second-order valence-electron chi connectivity index (χ2n) is 6.67. The number of hydrogen-bond donors (Lipinski definition) is 1. The van der Waals surface area contributed by atoms with E-state index in [1.54, 1.807) is 0 Å². The van der Waals surface area contributed by atoms with Crippen molar-refractivity contribution in [1.82, 2.24) is 14.5 Å². The summed E-state index contributed by atoms with van der Waals surface area (Å²) in [5.74, 6) is 4.28. The highest BCUT2D eigenvalue weighted by molar-refractivity contribution is 5.75. The van der Waals surface area contributed by atoms with Crippen molar-refractivity contribution in [3.8, 4) is 0 Å². The van der Waals surface area contributed by atoms with Gasteiger partial charge in [0.25, 0.3) is 0 Å². The predicted octanol–water partition coefficient (Wildman–Crippen LogP) is 2.54. The van der Waals surface area contributed by atoms with Crippen molar-refractivity contribution in [2.75, 3.05) is 5.73 Å². The molecule has 0 aromatic carbocycles. The van der Waals surface area contributed by atoms with Crippen LogP contribution in [0.25, 0.3) is 11.2 Å². The number of aryl methyl sites for hydroxylation is 1. The molecule has 3 aliphatic rings. The van der Waals surface area contributed by atoms with E-state index in [1.165, 1.54) is 19.3 Å². The van der Waals surface area contributed by atoms with Crippen LogP contribution in [0.2, 0.25) is 0 Å². The quantitative estimate of drug-likeness (QED) is 0.850. The topological polar surface area (TPSA) is 56.7 Å². The zero-order chi connectivity index (χ0) is 12.7. The van der Waals surface area contributed by atoms with Gasteiger partial charge in [-0.2, -0.15) is 0 Å². The first-order chi connectivity index (χ1) is 9.24. The molecule has 5 rings (SSSR count). The maximum absolute atomic E-state index is 6.17. The van der Waals surface area contributed by atoms with Gasteiger partial charge in [0, 0.05) is 12.2 Å². The van der Waals surface area contributed by atoms with Gasteiger partial charge in [0.15, 0.2) is 5.65 Å². The third kappa shape index (κ3) is 1.15. The summed E-state index contributed by atoms with van der Waals surface area (Å²) in [7, 11) is 0. The Morgan fingerprint density at radius 1 is 1.26 bits per heavy atom. The van der Waals surface area contributed by atoms with E-state index in [1.807, 2.05) is 13.1 Å². The van der Waals surface area contributed by atoms with Crippen LogP contribution >= 0.6 is 0 Å². The summed E-state index contributed by atoms with van der Waals surface area (Å²) >= 11 is 0. The van der Waals surface area contributed by atoms with Gasteiger partial charge in [0.2, 0.25) is 5.95 Å². The third-order valence-electron chi connectivity index (χ3n) is 5.69. The fraction of sp³-hybridized carbons (Fsp3) is 0.600. The highest BCUT2D eigenvalue weighted by atomic mass is 15.2. The Morgan fingerprint density at radius 3 is 2.74 bits per heavy atom. The lowest BCUT2D eigenvalue weighted by Gasteiger charge is -2.11. The van der Waals surface area contributed by atoms with Gasteiger partial charge in [-0.3, -0.25) is 4.57 Å². The fourth-order valence-corrected chi connectivity index (χ4v) is 5.02. The van der Waals surface area contributed by atoms with Crippen LogP contribution in [0.3, 0.4) is 0 Å². The van der Waals surface area contributed by atoms with E-state index in [9.17, 15) is 0 Å². The van der Waals surface area contributed by atoms with Gasteiger partial charge in [-0.15, -0.1) is 0 Å². The van der Waals surface area contributed by atoms with E-state index in [0.717, 1.165) is 40.4 Å². The summed E-state index contributed by atoms with van der Waals surface area (Å²) in [6.45, 7) is 2.05. The number of nitrogen functional groups attached to an aromatic ring is 1. The van der Waals surface area contributed by atoms with Crippen LogP contribution in [-0.2, 0) is 0 Å². The summed E-state index contributed by atoms with van der Waals surface area (Å²) in [4.78, 5) is 9.09. The number of aromatic nitrogens is 3. The van der Waals surface area contributed by atoms with Gasteiger partial charge in [0.05, 0.1) is 0 Å². The van der Waals surface area contributed by atoms with Gasteiger partial charge in [-0.25, -0.2) is 9.97 Å². The summed E-state index contributed by atoms with van der Waals surface area (Å²) in [5, 5.41) is 0. The van der Waals surface area contributed by atoms with Crippen molar-refractivity contribution in [3.05, 3.63) is 17.8 Å². The fourth-order valence-electron chi connectivity index (χ4n) is 5.02. The summed E-state index contributed by atoms with van der Waals surface area (Å²) in [5.41, 5.74) is 9.26. The molecule has 3 saturated carbocycles. The Bertz CT molecular complexity index is 673. The van der Waals surface area contributed by atoms with Crippen molar-refractivity contribution in [2.45, 2.75) is 32.2 Å². The van der Waals surface area contributed by atoms with Crippen LogP contribution in [0.5, 0.6) is 0 Å². The summed E-state index contributed by atoms with van der Waals surface area (Å²) < 4.78 is 2.23. The molecule has 2 bridgehead atoms. The van der Waals surface area contributed by atoms with E-state index in [0.29, 0.717) is 12.0 Å². The average molecular weight is 254 g/mol. The molecule has 2 heterocycles. The molecule has 4 unspecified atom stereocenters. The van der Waals surface area contributed by atoms with Gasteiger partial charge < -0.3 is 5.73 Å². The van der Waals surface area contributed by atoms with Crippen LogP contribution in [0.4, 0.5) is 5.95 Å². The van der Waals surface area contributed by atoms with Crippen molar-refractivity contribution < 1.29 is 0 Å². The van der Waals surface area contributed by atoms with Crippen molar-refractivity contribution in [2.24, 2.45) is 23.7 Å². The SMILES string of the molecule is Cc1cnc2c(c1)nc(N)n2C1C2C3CCC(C3)C21. The Balaban J connectivity index is 1.65. The second kappa shape index (κ2) is 3.11. The molecule has 4 atom stereocenters. The maximum atomic E-state index is 6.17. The Morgan fingerprint density at radius 2 is 2.00 bits per heavy atom. The smallest absolute Gasteiger partial charge is 0.202 e. The molecule has 2 aromatic rings. The van der Waals surface area contributed by atoms with Crippen molar-refractivity contribution >= 4 is 17.1 Å². The second-order valence-corrected chi connectivity index (χ2v) is 6.67. The van der Waals surface area contributed by atoms with Crippen LogP contribution in [0.15, 0.2) is 12.3 Å². The van der Waals surface area contributed by atoms with Gasteiger partial charge in [-0.05, 0) is 61.5 Å². The minimum absolute atomic E-state index is 0.589. The zero-order valence-corrected chi connectivity index (χ0v) is 11.1. The molecule has 0 spiro atoms. The molecule has 98 valence electrons. The van der Waals surface area contributed by atoms with Crippen LogP contribution in [-0.4, -0.2) is 14.5 Å². The molecule has 2 aromatic heterocycles. The van der Waals surface area contributed by atoms with E-state index in [-0.39, 0.29) is 0 Å². The van der Waals surface area contributed by atoms with Crippen molar-refractivity contribution in [1.29, 1.82) is 0 Å². The van der Waals surface area contributed by atoms with Crippen LogP contribution < -0.4 is 5.73 Å². The molecule has 0 radical (unpaired) electrons. The maximum Gasteiger partial charge on any atom is 0.202 e. The van der Waals surface area contributed by atoms with E-state index in [4.69, 9.17) is 5.73 Å². The van der Waals surface area contributed by atoms with Crippen LogP contribution in [0.1, 0.15) is 30.9 Å². The number of pyridine rings is 1. The van der Waals surface area contributed by atoms with Gasteiger partial charge in [0.1, 0.15) is 5.52 Å². The predicted molar refractivity (Wildman–Crippen MR) is 73.5 cm³/mol. The zero-order valence-electron chi connectivity index (χ0n) is 11.1. The molecule has 3 fully saturated rings. The molecule has 4 heteroatoms. The standard InChI is InChI=1S/C15H18N4/c1-7-4-10-14(17-6-7)19(15(16)18-10)13-11-8-2-3-9(5-8)12(11)13/h4,6,8-9,11-13H,2-3,5H2,1H3,(H2,16,18). The minimum Gasteiger partial charge on any atom is -0.369 e. The van der Waals surface area contributed by atoms with E-state index >= 15 is 0 Å². The lowest BCUT2D eigenvalue weighted by atomic mass is 10.0. The number of anilines is 1. The molecule has 0 amide bonds. The number of hydrogen-bond acceptors (Lipinski definition) is 3. The largest absolute Gasteiger partial charge is 0.369 e. The minimum atomic E-state index is 0.589. The number of rotatable bonds is 1. The Hall–Kier alpha value is -1.58. The van der Waals surface area contributed by atoms with Crippen molar-refractivity contribution in [3.63, 3.8) is 0 Å². The number of nitrogens with zero attached hydrogens (tertiary/aromatic N) is 3. The number of imidazole rings is 1. The molecule has 0 aliphatic heterocycles. The molecular formula is C15H18N4. The Labute approximate surface area is 112 Å². The Kier molecular flexibility index (Phi) is 1.68. The van der Waals surface area contributed by atoms with E-state index < -0.39 is 0 Å². The first-order valence-electron chi connectivity index (χ1n) is 7.34. The van der Waals surface area contributed by atoms with E-state index in [2.05, 4.69) is 20.6 Å². The highest BCUT2D eigenvalue weighted by Gasteiger charge is 2.66.